The first-order valence-electron chi connectivity index (χ1n) is 10.6. The largest absolute Gasteiger partial charge is 0.486 e. The van der Waals surface area contributed by atoms with Crippen LogP contribution in [0.5, 0.6) is 11.5 Å². The molecule has 1 amide bonds. The van der Waals surface area contributed by atoms with Crippen LogP contribution in [0.25, 0.3) is 0 Å². The van der Waals surface area contributed by atoms with E-state index in [1.165, 1.54) is 6.07 Å². The monoisotopic (exact) mass is 466 g/mol. The smallest absolute Gasteiger partial charge is 0.262 e. The number of nitrogens with one attached hydrogen (secondary N) is 1. The third-order valence-corrected chi connectivity index (χ3v) is 6.92. The first kappa shape index (κ1) is 22.7. The number of aryl methyl sites for hydroxylation is 2. The highest BCUT2D eigenvalue weighted by atomic mass is 32.2. The lowest BCUT2D eigenvalue weighted by Gasteiger charge is -2.21. The van der Waals surface area contributed by atoms with Gasteiger partial charge in [0.15, 0.2) is 11.5 Å². The number of rotatable bonds is 6. The molecule has 7 nitrogen and oxygen atoms in total. The molecular formula is C25H26N2O5S. The van der Waals surface area contributed by atoms with E-state index >= 15 is 0 Å². The highest BCUT2D eigenvalue weighted by molar-refractivity contribution is 7.92. The molecule has 1 aliphatic rings. The molecule has 1 aliphatic heterocycles. The summed E-state index contributed by atoms with van der Waals surface area (Å²) in [6.07, 6.45) is 0. The van der Waals surface area contributed by atoms with Crippen molar-refractivity contribution < 1.29 is 22.7 Å². The number of sulfonamides is 1. The minimum atomic E-state index is -3.86. The minimum absolute atomic E-state index is 0.0710. The summed E-state index contributed by atoms with van der Waals surface area (Å²) >= 11 is 0. The average Bonchev–Trinajstić information content (AvgIpc) is 2.80. The van der Waals surface area contributed by atoms with Gasteiger partial charge in [-0.25, -0.2) is 8.42 Å². The van der Waals surface area contributed by atoms with Gasteiger partial charge in [0, 0.05) is 24.8 Å². The van der Waals surface area contributed by atoms with Crippen molar-refractivity contribution in [3.05, 3.63) is 82.9 Å². The Morgan fingerprint density at radius 1 is 0.939 bits per heavy atom. The summed E-state index contributed by atoms with van der Waals surface area (Å²) in [5.41, 5.74) is 3.23. The Kier molecular flexibility index (Phi) is 6.29. The molecule has 172 valence electrons. The SMILES string of the molecule is Cc1ccc(NS(=O)(=O)c2cc(C(=O)N(C)Cc3ccc4c(c3)OCCO4)ccc2C)cc1. The summed E-state index contributed by atoms with van der Waals surface area (Å²) in [5, 5.41) is 0. The number of benzene rings is 3. The van der Waals surface area contributed by atoms with Gasteiger partial charge < -0.3 is 14.4 Å². The molecule has 0 atom stereocenters. The van der Waals surface area contributed by atoms with Gasteiger partial charge in [-0.3, -0.25) is 9.52 Å². The zero-order valence-corrected chi connectivity index (χ0v) is 19.6. The summed E-state index contributed by atoms with van der Waals surface area (Å²) in [4.78, 5) is 14.7. The van der Waals surface area contributed by atoms with Crippen LogP contribution in [-0.2, 0) is 16.6 Å². The first-order valence-corrected chi connectivity index (χ1v) is 12.1. The number of nitrogens with zero attached hydrogens (tertiary/aromatic N) is 1. The lowest BCUT2D eigenvalue weighted by Crippen LogP contribution is -2.27. The predicted octanol–water partition coefficient (Wildman–Crippen LogP) is 4.15. The summed E-state index contributed by atoms with van der Waals surface area (Å²) in [5.74, 6) is 1.07. The van der Waals surface area contributed by atoms with Crippen molar-refractivity contribution in [2.45, 2.75) is 25.3 Å². The maximum absolute atomic E-state index is 13.1. The molecule has 8 heteroatoms. The van der Waals surface area contributed by atoms with Crippen molar-refractivity contribution >= 4 is 21.6 Å². The number of carbonyl (C=O) groups excluding carboxylic acids is 1. The Morgan fingerprint density at radius 3 is 2.36 bits per heavy atom. The van der Waals surface area contributed by atoms with E-state index in [4.69, 9.17) is 9.47 Å². The Morgan fingerprint density at radius 2 is 1.64 bits per heavy atom. The third-order valence-electron chi connectivity index (χ3n) is 5.40. The molecule has 0 saturated heterocycles. The molecule has 1 N–H and O–H groups in total. The van der Waals surface area contributed by atoms with Crippen LogP contribution in [0.2, 0.25) is 0 Å². The van der Waals surface area contributed by atoms with Gasteiger partial charge in [-0.2, -0.15) is 0 Å². The second-order valence-electron chi connectivity index (χ2n) is 8.09. The quantitative estimate of drug-likeness (QED) is 0.590. The molecule has 0 fully saturated rings. The molecule has 0 spiro atoms. The van der Waals surface area contributed by atoms with Crippen LogP contribution < -0.4 is 14.2 Å². The van der Waals surface area contributed by atoms with E-state index < -0.39 is 10.0 Å². The zero-order chi connectivity index (χ0) is 23.6. The molecule has 3 aromatic carbocycles. The Balaban J connectivity index is 1.53. The predicted molar refractivity (Wildman–Crippen MR) is 126 cm³/mol. The number of amides is 1. The molecule has 3 aromatic rings. The normalized spacial score (nSPS) is 12.8. The van der Waals surface area contributed by atoms with Crippen LogP contribution in [0, 0.1) is 13.8 Å². The molecule has 0 unspecified atom stereocenters. The van der Waals surface area contributed by atoms with Crippen molar-refractivity contribution in [3.8, 4) is 11.5 Å². The third kappa shape index (κ3) is 5.12. The van der Waals surface area contributed by atoms with Gasteiger partial charge in [0.1, 0.15) is 13.2 Å². The summed E-state index contributed by atoms with van der Waals surface area (Å²) in [6.45, 7) is 4.98. The van der Waals surface area contributed by atoms with Gasteiger partial charge in [-0.05, 0) is 61.4 Å². The summed E-state index contributed by atoms with van der Waals surface area (Å²) in [7, 11) is -2.18. The van der Waals surface area contributed by atoms with Crippen LogP contribution in [0.4, 0.5) is 5.69 Å². The molecular weight excluding hydrogens is 440 g/mol. The van der Waals surface area contributed by atoms with E-state index in [-0.39, 0.29) is 10.8 Å². The fraction of sp³-hybridized carbons (Fsp3) is 0.240. The van der Waals surface area contributed by atoms with Crippen LogP contribution >= 0.6 is 0 Å². The van der Waals surface area contributed by atoms with Crippen LogP contribution in [0.1, 0.15) is 27.0 Å². The van der Waals surface area contributed by atoms with Crippen LogP contribution in [-0.4, -0.2) is 39.5 Å². The topological polar surface area (TPSA) is 84.9 Å². The molecule has 0 aliphatic carbocycles. The van der Waals surface area contributed by atoms with E-state index in [1.54, 1.807) is 43.1 Å². The lowest BCUT2D eigenvalue weighted by atomic mass is 10.1. The van der Waals surface area contributed by atoms with E-state index in [2.05, 4.69) is 4.72 Å². The molecule has 0 saturated carbocycles. The Hall–Kier alpha value is -3.52. The van der Waals surface area contributed by atoms with Crippen LogP contribution in [0.15, 0.2) is 65.6 Å². The van der Waals surface area contributed by atoms with Crippen molar-refractivity contribution in [1.82, 2.24) is 4.90 Å². The molecule has 33 heavy (non-hydrogen) atoms. The van der Waals surface area contributed by atoms with Gasteiger partial charge in [0.2, 0.25) is 0 Å². The zero-order valence-electron chi connectivity index (χ0n) is 18.8. The fourth-order valence-corrected chi connectivity index (χ4v) is 4.94. The second-order valence-corrected chi connectivity index (χ2v) is 9.74. The van der Waals surface area contributed by atoms with Crippen molar-refractivity contribution in [1.29, 1.82) is 0 Å². The van der Waals surface area contributed by atoms with Gasteiger partial charge >= 0.3 is 0 Å². The summed E-state index contributed by atoms with van der Waals surface area (Å²) in [6, 6.07) is 17.4. The van der Waals surface area contributed by atoms with Crippen molar-refractivity contribution in [3.63, 3.8) is 0 Å². The Bertz CT molecular complexity index is 1290. The number of fused-ring (bicyclic) bond motifs is 1. The number of ether oxygens (including phenoxy) is 2. The number of hydrogen-bond donors (Lipinski definition) is 1. The molecule has 4 rings (SSSR count). The second kappa shape index (κ2) is 9.15. The maximum atomic E-state index is 13.1. The van der Waals surface area contributed by atoms with E-state index in [0.717, 1.165) is 11.1 Å². The summed E-state index contributed by atoms with van der Waals surface area (Å²) < 4.78 is 39.8. The highest BCUT2D eigenvalue weighted by Crippen LogP contribution is 2.31. The molecule has 1 heterocycles. The van der Waals surface area contributed by atoms with E-state index in [9.17, 15) is 13.2 Å². The van der Waals surface area contributed by atoms with Gasteiger partial charge in [-0.15, -0.1) is 0 Å². The maximum Gasteiger partial charge on any atom is 0.262 e. The fourth-order valence-electron chi connectivity index (χ4n) is 3.61. The minimum Gasteiger partial charge on any atom is -0.486 e. The molecule has 0 aromatic heterocycles. The van der Waals surface area contributed by atoms with Crippen LogP contribution in [0.3, 0.4) is 0 Å². The standard InChI is InChI=1S/C25H26N2O5S/c1-17-4-9-21(10-5-17)26-33(29,30)24-15-20(8-6-18(24)2)25(28)27(3)16-19-7-11-22-23(14-19)32-13-12-31-22/h4-11,14-15,26H,12-13,16H2,1-3H3. The van der Waals surface area contributed by atoms with Crippen molar-refractivity contribution in [2.75, 3.05) is 25.0 Å². The first-order chi connectivity index (χ1) is 15.7. The highest BCUT2D eigenvalue weighted by Gasteiger charge is 2.21. The van der Waals surface area contributed by atoms with Gasteiger partial charge in [-0.1, -0.05) is 29.8 Å². The molecule has 0 radical (unpaired) electrons. The lowest BCUT2D eigenvalue weighted by molar-refractivity contribution is 0.0784. The van der Waals surface area contributed by atoms with E-state index in [1.807, 2.05) is 37.3 Å². The molecule has 0 bridgehead atoms. The number of hydrogen-bond acceptors (Lipinski definition) is 5. The number of anilines is 1. The van der Waals surface area contributed by atoms with Gasteiger partial charge in [0.05, 0.1) is 4.90 Å². The Labute approximate surface area is 194 Å². The average molecular weight is 467 g/mol. The van der Waals surface area contributed by atoms with Gasteiger partial charge in [0.25, 0.3) is 15.9 Å². The number of carbonyl (C=O) groups is 1. The van der Waals surface area contributed by atoms with E-state index in [0.29, 0.717) is 48.1 Å². The van der Waals surface area contributed by atoms with Crippen molar-refractivity contribution in [2.24, 2.45) is 0 Å².